The highest BCUT2D eigenvalue weighted by molar-refractivity contribution is 6.22. The van der Waals surface area contributed by atoms with E-state index in [-0.39, 0.29) is 5.78 Å². The van der Waals surface area contributed by atoms with Gasteiger partial charge in [-0.3, -0.25) is 4.79 Å². The monoisotopic (exact) mass is 210 g/mol. The number of carbonyl (C=O) groups excluding carboxylic acids is 1. The molecule has 0 radical (unpaired) electrons. The average molecular weight is 210 g/mol. The summed E-state index contributed by atoms with van der Waals surface area (Å²) < 4.78 is 0. The normalized spacial score (nSPS) is 18.4. The topological polar surface area (TPSA) is 17.1 Å². The van der Waals surface area contributed by atoms with E-state index in [0.29, 0.717) is 0 Å². The second-order valence-electron chi connectivity index (χ2n) is 4.76. The van der Waals surface area contributed by atoms with Crippen LogP contribution in [0.5, 0.6) is 0 Å². The van der Waals surface area contributed by atoms with Crippen LogP contribution in [0, 0.1) is 6.92 Å². The van der Waals surface area contributed by atoms with Crippen molar-refractivity contribution in [1.29, 1.82) is 0 Å². The summed E-state index contributed by atoms with van der Waals surface area (Å²) in [5.74, 6) is 0.216. The maximum absolute atomic E-state index is 12.2. The molecule has 1 aromatic carbocycles. The highest BCUT2D eigenvalue weighted by atomic mass is 16.1. The van der Waals surface area contributed by atoms with Crippen LogP contribution in [0.2, 0.25) is 0 Å². The van der Waals surface area contributed by atoms with Gasteiger partial charge < -0.3 is 0 Å². The van der Waals surface area contributed by atoms with E-state index in [4.69, 9.17) is 0 Å². The van der Waals surface area contributed by atoms with Crippen LogP contribution in [0.1, 0.15) is 41.3 Å². The summed E-state index contributed by atoms with van der Waals surface area (Å²) in [6.07, 6.45) is 4.16. The van der Waals surface area contributed by atoms with Gasteiger partial charge >= 0.3 is 0 Å². The van der Waals surface area contributed by atoms with Crippen molar-refractivity contribution >= 4 is 11.4 Å². The van der Waals surface area contributed by atoms with Crippen LogP contribution >= 0.6 is 0 Å². The summed E-state index contributed by atoms with van der Waals surface area (Å²) in [5.41, 5.74) is 6.73. The first kappa shape index (κ1) is 9.59. The molecule has 1 aromatic rings. The third-order valence-electron chi connectivity index (χ3n) is 3.47. The van der Waals surface area contributed by atoms with Crippen LogP contribution in [0.25, 0.3) is 5.57 Å². The molecule has 0 fully saturated rings. The number of hydrogen-bond acceptors (Lipinski definition) is 1. The Morgan fingerprint density at radius 2 is 1.88 bits per heavy atom. The molecule has 0 aliphatic heterocycles. The van der Waals surface area contributed by atoms with Crippen molar-refractivity contribution in [3.8, 4) is 0 Å². The maximum Gasteiger partial charge on any atom is 0.193 e. The van der Waals surface area contributed by atoms with Crippen molar-refractivity contribution in [2.24, 2.45) is 0 Å². The summed E-state index contributed by atoms with van der Waals surface area (Å²) in [6.45, 7) is 4.14. The lowest BCUT2D eigenvalue weighted by molar-refractivity contribution is 0.104. The predicted molar refractivity (Wildman–Crippen MR) is 65.4 cm³/mol. The first-order valence-electron chi connectivity index (χ1n) is 5.73. The molecule has 3 rings (SSSR count). The zero-order valence-corrected chi connectivity index (χ0v) is 9.63. The molecule has 16 heavy (non-hydrogen) atoms. The number of allylic oxidation sites excluding steroid dienone is 4. The average Bonchev–Trinajstić information content (AvgIpc) is 2.53. The number of rotatable bonds is 0. The molecule has 0 amide bonds. The zero-order chi connectivity index (χ0) is 11.3. The molecule has 2 aliphatic rings. The maximum atomic E-state index is 12.2. The van der Waals surface area contributed by atoms with E-state index in [0.717, 1.165) is 35.1 Å². The van der Waals surface area contributed by atoms with Crippen molar-refractivity contribution in [3.05, 3.63) is 52.1 Å². The van der Waals surface area contributed by atoms with Gasteiger partial charge in [-0.2, -0.15) is 0 Å². The van der Waals surface area contributed by atoms with Gasteiger partial charge in [0.05, 0.1) is 0 Å². The Morgan fingerprint density at radius 3 is 2.69 bits per heavy atom. The fourth-order valence-corrected chi connectivity index (χ4v) is 2.60. The SMILES string of the molecule is CC1=CC2=C(CC1)c1ccc(C)cc1C2=O. The van der Waals surface area contributed by atoms with E-state index in [1.807, 2.05) is 13.0 Å². The second kappa shape index (κ2) is 3.18. The first-order valence-corrected chi connectivity index (χ1v) is 5.73. The Labute approximate surface area is 95.5 Å². The molecule has 2 aliphatic carbocycles. The van der Waals surface area contributed by atoms with Crippen molar-refractivity contribution < 1.29 is 4.79 Å². The lowest BCUT2D eigenvalue weighted by Gasteiger charge is -2.11. The smallest absolute Gasteiger partial charge is 0.193 e. The van der Waals surface area contributed by atoms with Crippen molar-refractivity contribution in [2.75, 3.05) is 0 Å². The summed E-state index contributed by atoms with van der Waals surface area (Å²) in [6, 6.07) is 6.20. The van der Waals surface area contributed by atoms with Gasteiger partial charge in [-0.25, -0.2) is 0 Å². The van der Waals surface area contributed by atoms with Gasteiger partial charge in [0.15, 0.2) is 5.78 Å². The van der Waals surface area contributed by atoms with Crippen LogP contribution in [0.15, 0.2) is 35.4 Å². The molecule has 0 saturated carbocycles. The van der Waals surface area contributed by atoms with Gasteiger partial charge in [0, 0.05) is 11.1 Å². The number of carbonyl (C=O) groups is 1. The number of ketones is 1. The summed E-state index contributed by atoms with van der Waals surface area (Å²) in [4.78, 5) is 12.2. The number of Topliss-reactive ketones (excluding diaryl/α,β-unsaturated/α-hetero) is 1. The number of aryl methyl sites for hydroxylation is 1. The molecular weight excluding hydrogens is 196 g/mol. The zero-order valence-electron chi connectivity index (χ0n) is 9.63. The first-order chi connectivity index (χ1) is 7.66. The number of hydrogen-bond donors (Lipinski definition) is 0. The highest BCUT2D eigenvalue weighted by Crippen LogP contribution is 2.40. The molecule has 1 nitrogen and oxygen atoms in total. The molecule has 0 bridgehead atoms. The molecule has 0 heterocycles. The van der Waals surface area contributed by atoms with E-state index < -0.39 is 0 Å². The molecular formula is C15H14O. The van der Waals surface area contributed by atoms with Crippen molar-refractivity contribution in [2.45, 2.75) is 26.7 Å². The van der Waals surface area contributed by atoms with Crippen molar-refractivity contribution in [3.63, 3.8) is 0 Å². The highest BCUT2D eigenvalue weighted by Gasteiger charge is 2.29. The van der Waals surface area contributed by atoms with Gasteiger partial charge in [-0.05, 0) is 43.9 Å². The minimum absolute atomic E-state index is 0.216. The van der Waals surface area contributed by atoms with Gasteiger partial charge in [0.25, 0.3) is 0 Å². The van der Waals surface area contributed by atoms with Gasteiger partial charge in [-0.1, -0.05) is 29.3 Å². The van der Waals surface area contributed by atoms with Crippen LogP contribution in [0.4, 0.5) is 0 Å². The lowest BCUT2D eigenvalue weighted by Crippen LogP contribution is -1.99. The van der Waals surface area contributed by atoms with E-state index in [1.165, 1.54) is 11.1 Å². The quantitative estimate of drug-likeness (QED) is 0.638. The Hall–Kier alpha value is -1.63. The van der Waals surface area contributed by atoms with Crippen LogP contribution in [0.3, 0.4) is 0 Å². The van der Waals surface area contributed by atoms with Crippen LogP contribution < -0.4 is 0 Å². The largest absolute Gasteiger partial charge is 0.289 e. The molecule has 0 unspecified atom stereocenters. The van der Waals surface area contributed by atoms with Crippen LogP contribution in [-0.4, -0.2) is 5.78 Å². The minimum atomic E-state index is 0.216. The number of benzene rings is 1. The molecule has 0 aromatic heterocycles. The summed E-state index contributed by atoms with van der Waals surface area (Å²) >= 11 is 0. The molecule has 0 spiro atoms. The van der Waals surface area contributed by atoms with Crippen LogP contribution in [-0.2, 0) is 0 Å². The standard InChI is InChI=1S/C15H14O/c1-9-3-5-11-12-6-4-10(2)8-14(12)15(16)13(11)7-9/h3,5,7-8H,4,6H2,1-2H3. The molecule has 0 N–H and O–H groups in total. The predicted octanol–water partition coefficient (Wildman–Crippen LogP) is 3.69. The Bertz CT molecular complexity index is 559. The second-order valence-corrected chi connectivity index (χ2v) is 4.76. The Morgan fingerprint density at radius 1 is 1.06 bits per heavy atom. The molecule has 0 atom stereocenters. The van der Waals surface area contributed by atoms with E-state index in [1.54, 1.807) is 0 Å². The molecule has 80 valence electrons. The van der Waals surface area contributed by atoms with Gasteiger partial charge in [0.1, 0.15) is 0 Å². The number of fused-ring (bicyclic) bond motifs is 2. The Balaban J connectivity index is 2.23. The summed E-state index contributed by atoms with van der Waals surface area (Å²) in [5, 5.41) is 0. The van der Waals surface area contributed by atoms with E-state index in [9.17, 15) is 4.79 Å². The molecule has 0 saturated heterocycles. The third kappa shape index (κ3) is 1.21. The van der Waals surface area contributed by atoms with Gasteiger partial charge in [-0.15, -0.1) is 0 Å². The fraction of sp³-hybridized carbons (Fsp3) is 0.267. The fourth-order valence-electron chi connectivity index (χ4n) is 2.60. The molecule has 1 heteroatoms. The van der Waals surface area contributed by atoms with Crippen molar-refractivity contribution in [1.82, 2.24) is 0 Å². The van der Waals surface area contributed by atoms with Gasteiger partial charge in [0.2, 0.25) is 0 Å². The summed E-state index contributed by atoms with van der Waals surface area (Å²) in [7, 11) is 0. The Kier molecular flexibility index (Phi) is 1.90. The van der Waals surface area contributed by atoms with E-state index >= 15 is 0 Å². The third-order valence-corrected chi connectivity index (χ3v) is 3.47. The van der Waals surface area contributed by atoms with E-state index in [2.05, 4.69) is 25.1 Å². The minimum Gasteiger partial charge on any atom is -0.289 e. The lowest BCUT2D eigenvalue weighted by atomic mass is 9.92.